The average Bonchev–Trinajstić information content (AvgIpc) is 2.71. The molecule has 68 valence electrons. The summed E-state index contributed by atoms with van der Waals surface area (Å²) in [5.41, 5.74) is 1.20. The van der Waals surface area contributed by atoms with Crippen LogP contribution < -0.4 is 4.90 Å². The maximum atomic E-state index is 4.42. The monoisotopic (exact) mass is 192 g/mol. The number of anilines is 1. The standard InChI is InChI=1S/C10H12N2S/c1-12(10-11-7-8-13-10)9-5-3-2-4-6-9/h2-6H,7-8H2,1H3. The molecule has 1 aromatic rings. The highest BCUT2D eigenvalue weighted by molar-refractivity contribution is 8.14. The van der Waals surface area contributed by atoms with Gasteiger partial charge in [-0.05, 0) is 12.1 Å². The fourth-order valence-corrected chi connectivity index (χ4v) is 2.14. The van der Waals surface area contributed by atoms with E-state index in [-0.39, 0.29) is 0 Å². The quantitative estimate of drug-likeness (QED) is 0.678. The molecule has 2 rings (SSSR count). The summed E-state index contributed by atoms with van der Waals surface area (Å²) in [6, 6.07) is 10.3. The number of benzene rings is 1. The van der Waals surface area contributed by atoms with Crippen LogP contribution >= 0.6 is 11.8 Å². The van der Waals surface area contributed by atoms with Gasteiger partial charge in [-0.25, -0.2) is 0 Å². The number of para-hydroxylation sites is 1. The Labute approximate surface area is 82.7 Å². The van der Waals surface area contributed by atoms with Crippen LogP contribution in [0.4, 0.5) is 5.69 Å². The average molecular weight is 192 g/mol. The Morgan fingerprint density at radius 3 is 2.69 bits per heavy atom. The molecule has 0 aromatic heterocycles. The van der Waals surface area contributed by atoms with E-state index >= 15 is 0 Å². The van der Waals surface area contributed by atoms with Crippen molar-refractivity contribution >= 4 is 22.6 Å². The lowest BCUT2D eigenvalue weighted by Crippen LogP contribution is -2.21. The van der Waals surface area contributed by atoms with Crippen LogP contribution in [0.3, 0.4) is 0 Å². The summed E-state index contributed by atoms with van der Waals surface area (Å²) < 4.78 is 0. The Kier molecular flexibility index (Phi) is 2.54. The molecule has 0 unspecified atom stereocenters. The van der Waals surface area contributed by atoms with Crippen LogP contribution in [0.2, 0.25) is 0 Å². The Morgan fingerprint density at radius 2 is 2.08 bits per heavy atom. The molecule has 0 saturated heterocycles. The van der Waals surface area contributed by atoms with Gasteiger partial charge in [-0.1, -0.05) is 30.0 Å². The third-order valence-electron chi connectivity index (χ3n) is 2.00. The van der Waals surface area contributed by atoms with Crippen LogP contribution in [0.25, 0.3) is 0 Å². The van der Waals surface area contributed by atoms with E-state index in [1.54, 1.807) is 0 Å². The van der Waals surface area contributed by atoms with Gasteiger partial charge in [0.25, 0.3) is 0 Å². The molecule has 1 aliphatic rings. The summed E-state index contributed by atoms with van der Waals surface area (Å²) in [6.45, 7) is 0.956. The molecule has 13 heavy (non-hydrogen) atoms. The zero-order valence-electron chi connectivity index (χ0n) is 7.60. The third-order valence-corrected chi connectivity index (χ3v) is 3.05. The Hall–Kier alpha value is -0.960. The van der Waals surface area contributed by atoms with Crippen LogP contribution in [0.1, 0.15) is 0 Å². The molecule has 0 N–H and O–H groups in total. The number of thioether (sulfide) groups is 1. The van der Waals surface area contributed by atoms with Gasteiger partial charge in [0.05, 0.1) is 6.54 Å². The van der Waals surface area contributed by atoms with Gasteiger partial charge in [-0.15, -0.1) is 0 Å². The normalized spacial score (nSPS) is 15.6. The largest absolute Gasteiger partial charge is 0.324 e. The molecule has 0 bridgehead atoms. The van der Waals surface area contributed by atoms with E-state index in [4.69, 9.17) is 0 Å². The predicted octanol–water partition coefficient (Wildman–Crippen LogP) is 2.23. The van der Waals surface area contributed by atoms with Crippen molar-refractivity contribution in [2.45, 2.75) is 0 Å². The molecule has 3 heteroatoms. The van der Waals surface area contributed by atoms with E-state index in [1.807, 2.05) is 30.0 Å². The highest BCUT2D eigenvalue weighted by Gasteiger charge is 2.12. The molecular formula is C10H12N2S. The van der Waals surface area contributed by atoms with Crippen molar-refractivity contribution in [2.24, 2.45) is 4.99 Å². The fraction of sp³-hybridized carbons (Fsp3) is 0.300. The van der Waals surface area contributed by atoms with Gasteiger partial charge in [0, 0.05) is 18.5 Å². The molecule has 1 aliphatic heterocycles. The number of amidine groups is 1. The van der Waals surface area contributed by atoms with Crippen LogP contribution in [0.5, 0.6) is 0 Å². The molecule has 0 atom stereocenters. The highest BCUT2D eigenvalue weighted by atomic mass is 32.2. The topological polar surface area (TPSA) is 15.6 Å². The predicted molar refractivity (Wildman–Crippen MR) is 59.6 cm³/mol. The van der Waals surface area contributed by atoms with Crippen molar-refractivity contribution in [1.82, 2.24) is 0 Å². The first kappa shape index (κ1) is 8.63. The molecule has 0 spiro atoms. The Balaban J connectivity index is 2.17. The summed E-state index contributed by atoms with van der Waals surface area (Å²) in [4.78, 5) is 6.55. The minimum Gasteiger partial charge on any atom is -0.324 e. The third kappa shape index (κ3) is 1.86. The zero-order valence-corrected chi connectivity index (χ0v) is 8.42. The first-order valence-electron chi connectivity index (χ1n) is 4.34. The van der Waals surface area contributed by atoms with E-state index in [2.05, 4.69) is 29.1 Å². The van der Waals surface area contributed by atoms with E-state index < -0.39 is 0 Å². The number of rotatable bonds is 1. The second-order valence-corrected chi connectivity index (χ2v) is 3.97. The van der Waals surface area contributed by atoms with Gasteiger partial charge >= 0.3 is 0 Å². The van der Waals surface area contributed by atoms with Gasteiger partial charge in [-0.3, -0.25) is 4.99 Å². The summed E-state index contributed by atoms with van der Waals surface area (Å²) >= 11 is 1.82. The van der Waals surface area contributed by atoms with Crippen molar-refractivity contribution < 1.29 is 0 Å². The Bertz CT molecular complexity index is 308. The highest BCUT2D eigenvalue weighted by Crippen LogP contribution is 2.20. The van der Waals surface area contributed by atoms with Gasteiger partial charge < -0.3 is 4.90 Å². The number of aliphatic imine (C=N–C) groups is 1. The van der Waals surface area contributed by atoms with Gasteiger partial charge in [0.1, 0.15) is 0 Å². The van der Waals surface area contributed by atoms with Crippen LogP contribution in [-0.4, -0.2) is 24.5 Å². The van der Waals surface area contributed by atoms with Gasteiger partial charge in [0.15, 0.2) is 5.17 Å². The second-order valence-electron chi connectivity index (χ2n) is 2.91. The minimum atomic E-state index is 0.956. The van der Waals surface area contributed by atoms with Gasteiger partial charge in [0.2, 0.25) is 0 Å². The maximum absolute atomic E-state index is 4.42. The van der Waals surface area contributed by atoms with Gasteiger partial charge in [-0.2, -0.15) is 0 Å². The summed E-state index contributed by atoms with van der Waals surface area (Å²) in [5.74, 6) is 1.12. The summed E-state index contributed by atoms with van der Waals surface area (Å²) in [6.07, 6.45) is 0. The number of hydrogen-bond acceptors (Lipinski definition) is 3. The fourth-order valence-electron chi connectivity index (χ4n) is 1.29. The molecule has 0 fully saturated rings. The molecular weight excluding hydrogens is 180 g/mol. The van der Waals surface area contributed by atoms with Crippen molar-refractivity contribution in [3.05, 3.63) is 30.3 Å². The minimum absolute atomic E-state index is 0.956. The Morgan fingerprint density at radius 1 is 1.31 bits per heavy atom. The molecule has 2 nitrogen and oxygen atoms in total. The van der Waals surface area contributed by atoms with E-state index in [1.165, 1.54) is 5.69 Å². The first-order chi connectivity index (χ1) is 6.38. The van der Waals surface area contributed by atoms with E-state index in [0.29, 0.717) is 0 Å². The van der Waals surface area contributed by atoms with Crippen molar-refractivity contribution in [1.29, 1.82) is 0 Å². The molecule has 0 aliphatic carbocycles. The van der Waals surface area contributed by atoms with E-state index in [0.717, 1.165) is 17.5 Å². The lowest BCUT2D eigenvalue weighted by atomic mass is 10.3. The van der Waals surface area contributed by atoms with Crippen LogP contribution in [-0.2, 0) is 0 Å². The molecule has 0 radical (unpaired) electrons. The summed E-state index contributed by atoms with van der Waals surface area (Å²) in [7, 11) is 2.06. The first-order valence-corrected chi connectivity index (χ1v) is 5.32. The molecule has 1 aromatic carbocycles. The lowest BCUT2D eigenvalue weighted by Gasteiger charge is -2.17. The van der Waals surface area contributed by atoms with E-state index in [9.17, 15) is 0 Å². The molecule has 0 amide bonds. The summed E-state index contributed by atoms with van der Waals surface area (Å²) in [5, 5.41) is 1.13. The smallest absolute Gasteiger partial charge is 0.163 e. The number of nitrogens with zero attached hydrogens (tertiary/aromatic N) is 2. The van der Waals surface area contributed by atoms with Crippen molar-refractivity contribution in [2.75, 3.05) is 24.2 Å². The molecule has 1 heterocycles. The lowest BCUT2D eigenvalue weighted by molar-refractivity contribution is 1.15. The SMILES string of the molecule is CN(C1=NCCS1)c1ccccc1. The van der Waals surface area contributed by atoms with Crippen LogP contribution in [0.15, 0.2) is 35.3 Å². The maximum Gasteiger partial charge on any atom is 0.163 e. The second kappa shape index (κ2) is 3.83. The van der Waals surface area contributed by atoms with Crippen LogP contribution in [0, 0.1) is 0 Å². The zero-order chi connectivity index (χ0) is 9.10. The van der Waals surface area contributed by atoms with Crippen molar-refractivity contribution in [3.8, 4) is 0 Å². The van der Waals surface area contributed by atoms with Crippen molar-refractivity contribution in [3.63, 3.8) is 0 Å². The number of hydrogen-bond donors (Lipinski definition) is 0. The molecule has 0 saturated carbocycles.